The monoisotopic (exact) mass is 388 g/mol. The summed E-state index contributed by atoms with van der Waals surface area (Å²) in [4.78, 5) is 0. The molecule has 0 amide bonds. The first kappa shape index (κ1) is 20.0. The normalized spacial score (nSPS) is 22.7. The van der Waals surface area contributed by atoms with Gasteiger partial charge in [0.25, 0.3) is 0 Å². The first-order valence-electron chi connectivity index (χ1n) is 6.59. The Bertz CT molecular complexity index is 598. The Balaban J connectivity index is 0.00000242. The molecule has 1 saturated heterocycles. The van der Waals surface area contributed by atoms with Crippen LogP contribution in [0.25, 0.3) is 0 Å². The molecule has 0 bridgehead atoms. The Morgan fingerprint density at radius 3 is 2.73 bits per heavy atom. The van der Waals surface area contributed by atoms with Gasteiger partial charge in [-0.2, -0.15) is 0 Å². The lowest BCUT2D eigenvalue weighted by Crippen LogP contribution is -2.36. The molecule has 0 aromatic heterocycles. The number of nitrogens with one attached hydrogen (secondary N) is 2. The van der Waals surface area contributed by atoms with Crippen molar-refractivity contribution in [3.05, 3.63) is 33.8 Å². The minimum atomic E-state index is -3.24. The Morgan fingerprint density at radius 1 is 1.36 bits per heavy atom. The van der Waals surface area contributed by atoms with Crippen LogP contribution in [0.2, 0.25) is 10.0 Å². The van der Waals surface area contributed by atoms with Gasteiger partial charge in [-0.1, -0.05) is 29.3 Å². The topological polar surface area (TPSA) is 67.4 Å². The summed E-state index contributed by atoms with van der Waals surface area (Å²) in [6.07, 6.45) is 0.913. The van der Waals surface area contributed by atoms with Gasteiger partial charge in [-0.15, -0.1) is 12.4 Å². The molecule has 1 fully saturated rings. The summed E-state index contributed by atoms with van der Waals surface area (Å²) in [6, 6.07) is 5.35. The van der Waals surface area contributed by atoms with Gasteiger partial charge in [-0.3, -0.25) is 0 Å². The third-order valence-corrected chi connectivity index (χ3v) is 4.72. The van der Waals surface area contributed by atoms with Crippen LogP contribution in [0.5, 0.6) is 0 Å². The molecule has 0 aliphatic carbocycles. The van der Waals surface area contributed by atoms with Gasteiger partial charge in [0.15, 0.2) is 0 Å². The molecular formula is C13H19Cl3N2O3S. The van der Waals surface area contributed by atoms with Crippen molar-refractivity contribution in [1.29, 1.82) is 0 Å². The van der Waals surface area contributed by atoms with Crippen molar-refractivity contribution in [2.24, 2.45) is 5.92 Å². The van der Waals surface area contributed by atoms with Crippen LogP contribution in [-0.4, -0.2) is 40.9 Å². The Kier molecular flexibility index (Phi) is 7.88. The van der Waals surface area contributed by atoms with Crippen LogP contribution >= 0.6 is 35.6 Å². The number of hydrogen-bond acceptors (Lipinski definition) is 4. The molecule has 0 radical (unpaired) electrons. The van der Waals surface area contributed by atoms with E-state index >= 15 is 0 Å². The predicted molar refractivity (Wildman–Crippen MR) is 91.6 cm³/mol. The van der Waals surface area contributed by atoms with Gasteiger partial charge in [-0.25, -0.2) is 13.1 Å². The van der Waals surface area contributed by atoms with Crippen LogP contribution in [0.15, 0.2) is 18.2 Å². The standard InChI is InChI=1S/C13H18Cl2N2O3S.ClH/c1-21(18,19)17-8-10-7-16-4-5-20-13(10)9-2-3-11(14)12(15)6-9;/h2-3,6,10,13,16-17H,4-5,7-8H2,1H3;1H/t10-,13-;/m0./s1. The largest absolute Gasteiger partial charge is 0.372 e. The van der Waals surface area contributed by atoms with Crippen LogP contribution in [-0.2, 0) is 14.8 Å². The van der Waals surface area contributed by atoms with Crippen molar-refractivity contribution in [3.63, 3.8) is 0 Å². The molecule has 0 saturated carbocycles. The minimum Gasteiger partial charge on any atom is -0.372 e. The molecule has 1 aliphatic heterocycles. The summed E-state index contributed by atoms with van der Waals surface area (Å²) >= 11 is 12.0. The number of sulfonamides is 1. The van der Waals surface area contributed by atoms with E-state index in [-0.39, 0.29) is 24.4 Å². The lowest BCUT2D eigenvalue weighted by molar-refractivity contribution is 0.0322. The average Bonchev–Trinajstić information content (AvgIpc) is 2.64. The molecule has 1 aromatic carbocycles. The fourth-order valence-corrected chi connectivity index (χ4v) is 3.11. The first-order valence-corrected chi connectivity index (χ1v) is 9.23. The number of rotatable bonds is 4. The molecule has 1 aromatic rings. The maximum Gasteiger partial charge on any atom is 0.208 e. The van der Waals surface area contributed by atoms with Crippen LogP contribution < -0.4 is 10.0 Å². The van der Waals surface area contributed by atoms with E-state index in [1.54, 1.807) is 12.1 Å². The van der Waals surface area contributed by atoms with Gasteiger partial charge < -0.3 is 10.1 Å². The third kappa shape index (κ3) is 5.85. The smallest absolute Gasteiger partial charge is 0.208 e. The Morgan fingerprint density at radius 2 is 2.09 bits per heavy atom. The molecule has 0 unspecified atom stereocenters. The van der Waals surface area contributed by atoms with Crippen molar-refractivity contribution >= 4 is 45.6 Å². The van der Waals surface area contributed by atoms with Gasteiger partial charge >= 0.3 is 0 Å². The van der Waals surface area contributed by atoms with Crippen LogP contribution in [0.3, 0.4) is 0 Å². The summed E-state index contributed by atoms with van der Waals surface area (Å²) in [7, 11) is -3.24. The number of halogens is 3. The van der Waals surface area contributed by atoms with E-state index in [9.17, 15) is 8.42 Å². The zero-order chi connectivity index (χ0) is 15.5. The highest BCUT2D eigenvalue weighted by molar-refractivity contribution is 7.88. The lowest BCUT2D eigenvalue weighted by atomic mass is 9.95. The average molecular weight is 390 g/mol. The number of benzene rings is 1. The van der Waals surface area contributed by atoms with Gasteiger partial charge in [0.05, 0.1) is 29.0 Å². The molecule has 5 nitrogen and oxygen atoms in total. The van der Waals surface area contributed by atoms with E-state index in [2.05, 4.69) is 10.0 Å². The second-order valence-corrected chi connectivity index (χ2v) is 7.70. The predicted octanol–water partition coefficient (Wildman–Crippen LogP) is 2.24. The van der Waals surface area contributed by atoms with E-state index in [1.807, 2.05) is 6.07 Å². The summed E-state index contributed by atoms with van der Waals surface area (Å²) in [5, 5.41) is 4.19. The zero-order valence-electron chi connectivity index (χ0n) is 12.0. The van der Waals surface area contributed by atoms with Crippen LogP contribution in [0, 0.1) is 5.92 Å². The molecule has 22 heavy (non-hydrogen) atoms. The Hall–Kier alpha value is -0.0800. The second kappa shape index (κ2) is 8.68. The van der Waals surface area contributed by atoms with E-state index in [0.29, 0.717) is 29.7 Å². The Labute approximate surface area is 147 Å². The van der Waals surface area contributed by atoms with E-state index in [4.69, 9.17) is 27.9 Å². The number of hydrogen-bond donors (Lipinski definition) is 2. The number of ether oxygens (including phenoxy) is 1. The van der Waals surface area contributed by atoms with Gasteiger partial charge in [-0.05, 0) is 17.7 Å². The highest BCUT2D eigenvalue weighted by Gasteiger charge is 2.27. The van der Waals surface area contributed by atoms with Crippen molar-refractivity contribution < 1.29 is 13.2 Å². The molecule has 2 N–H and O–H groups in total. The van der Waals surface area contributed by atoms with E-state index in [1.165, 1.54) is 0 Å². The third-order valence-electron chi connectivity index (χ3n) is 3.29. The van der Waals surface area contributed by atoms with Crippen molar-refractivity contribution in [3.8, 4) is 0 Å². The molecule has 1 heterocycles. The first-order chi connectivity index (χ1) is 9.87. The molecular weight excluding hydrogens is 371 g/mol. The van der Waals surface area contributed by atoms with Gasteiger partial charge in [0.2, 0.25) is 10.0 Å². The summed E-state index contributed by atoms with van der Waals surface area (Å²) in [5.41, 5.74) is 0.897. The quantitative estimate of drug-likeness (QED) is 0.829. The minimum absolute atomic E-state index is 0. The van der Waals surface area contributed by atoms with Gasteiger partial charge in [0.1, 0.15) is 0 Å². The van der Waals surface area contributed by atoms with Crippen molar-refractivity contribution in [1.82, 2.24) is 10.0 Å². The summed E-state index contributed by atoms with van der Waals surface area (Å²) in [5.74, 6) is -0.0283. The highest BCUT2D eigenvalue weighted by Crippen LogP contribution is 2.31. The molecule has 9 heteroatoms. The maximum absolute atomic E-state index is 11.3. The lowest BCUT2D eigenvalue weighted by Gasteiger charge is -2.25. The SMILES string of the molecule is CS(=O)(=O)NC[C@@H]1CNCCO[C@H]1c1ccc(Cl)c(Cl)c1.Cl. The maximum atomic E-state index is 11.3. The zero-order valence-corrected chi connectivity index (χ0v) is 15.2. The van der Waals surface area contributed by atoms with Gasteiger partial charge in [0, 0.05) is 25.6 Å². The molecule has 0 spiro atoms. The summed E-state index contributed by atoms with van der Waals surface area (Å²) < 4.78 is 31.0. The molecule has 126 valence electrons. The van der Waals surface area contributed by atoms with E-state index in [0.717, 1.165) is 18.4 Å². The molecule has 2 atom stereocenters. The molecule has 2 rings (SSSR count). The summed E-state index contributed by atoms with van der Waals surface area (Å²) in [6.45, 7) is 2.25. The highest BCUT2D eigenvalue weighted by atomic mass is 35.5. The van der Waals surface area contributed by atoms with Crippen molar-refractivity contribution in [2.75, 3.05) is 32.5 Å². The van der Waals surface area contributed by atoms with Crippen LogP contribution in [0.1, 0.15) is 11.7 Å². The fraction of sp³-hybridized carbons (Fsp3) is 0.538. The van der Waals surface area contributed by atoms with Crippen LogP contribution in [0.4, 0.5) is 0 Å². The second-order valence-electron chi connectivity index (χ2n) is 5.05. The van der Waals surface area contributed by atoms with Crippen molar-refractivity contribution in [2.45, 2.75) is 6.10 Å². The fourth-order valence-electron chi connectivity index (χ4n) is 2.28. The molecule has 1 aliphatic rings. The van der Waals surface area contributed by atoms with E-state index < -0.39 is 10.0 Å².